The zero-order valence-corrected chi connectivity index (χ0v) is 18.2. The van der Waals surface area contributed by atoms with Crippen molar-refractivity contribution in [2.75, 3.05) is 10.2 Å². The van der Waals surface area contributed by atoms with Crippen molar-refractivity contribution in [2.24, 2.45) is 0 Å². The Bertz CT molecular complexity index is 1150. The van der Waals surface area contributed by atoms with Crippen LogP contribution in [0.15, 0.2) is 77.7 Å². The highest BCUT2D eigenvalue weighted by molar-refractivity contribution is 8.00. The number of rotatable bonds is 5. The van der Waals surface area contributed by atoms with Crippen LogP contribution in [0.3, 0.4) is 0 Å². The number of nitrogens with one attached hydrogen (secondary N) is 1. The lowest BCUT2D eigenvalue weighted by Crippen LogP contribution is -2.31. The molecule has 0 bridgehead atoms. The Morgan fingerprint density at radius 2 is 1.68 bits per heavy atom. The summed E-state index contributed by atoms with van der Waals surface area (Å²) in [5.74, 6) is -0.807. The molecule has 0 radical (unpaired) electrons. The van der Waals surface area contributed by atoms with E-state index in [9.17, 15) is 14.4 Å². The van der Waals surface area contributed by atoms with E-state index in [0.717, 1.165) is 5.56 Å². The molecule has 1 N–H and O–H groups in total. The van der Waals surface area contributed by atoms with E-state index in [1.165, 1.54) is 16.7 Å². The molecule has 0 aromatic heterocycles. The van der Waals surface area contributed by atoms with Gasteiger partial charge in [0.05, 0.1) is 16.5 Å². The smallest absolute Gasteiger partial charge is 0.256 e. The van der Waals surface area contributed by atoms with Crippen LogP contribution >= 0.6 is 23.4 Å². The summed E-state index contributed by atoms with van der Waals surface area (Å²) >= 11 is 7.13. The number of thioether (sulfide) groups is 1. The lowest BCUT2D eigenvalue weighted by molar-refractivity contribution is -0.121. The van der Waals surface area contributed by atoms with Crippen molar-refractivity contribution in [3.05, 3.63) is 88.9 Å². The van der Waals surface area contributed by atoms with Gasteiger partial charge in [-0.3, -0.25) is 14.4 Å². The molecule has 1 aliphatic rings. The summed E-state index contributed by atoms with van der Waals surface area (Å²) in [4.78, 5) is 40.3. The molecule has 0 spiro atoms. The lowest BCUT2D eigenvalue weighted by atomic mass is 10.2. The molecule has 5 nitrogen and oxygen atoms in total. The Balaban J connectivity index is 1.53. The van der Waals surface area contributed by atoms with Crippen LogP contribution in [0.4, 0.5) is 11.4 Å². The second kappa shape index (κ2) is 8.96. The van der Waals surface area contributed by atoms with Gasteiger partial charge in [-0.25, -0.2) is 4.90 Å². The Labute approximate surface area is 189 Å². The highest BCUT2D eigenvalue weighted by Gasteiger charge is 2.40. The molecular formula is C24H19ClN2O3S. The van der Waals surface area contributed by atoms with E-state index >= 15 is 0 Å². The number of carbonyl (C=O) groups excluding carboxylic acids is 3. The number of benzene rings is 3. The Morgan fingerprint density at radius 3 is 2.39 bits per heavy atom. The Hall–Kier alpha value is -3.09. The van der Waals surface area contributed by atoms with Crippen molar-refractivity contribution >= 4 is 52.5 Å². The molecule has 1 saturated heterocycles. The van der Waals surface area contributed by atoms with Crippen LogP contribution in [0.2, 0.25) is 5.02 Å². The fourth-order valence-corrected chi connectivity index (χ4v) is 4.61. The SMILES string of the molecule is Cc1ccc(N2C(=O)CC(Sc3ccccc3C(=O)Nc3ccc(Cl)cc3)C2=O)cc1. The molecule has 1 atom stereocenters. The first kappa shape index (κ1) is 21.2. The van der Waals surface area contributed by atoms with E-state index in [-0.39, 0.29) is 24.1 Å². The van der Waals surface area contributed by atoms with Gasteiger partial charge in [0.15, 0.2) is 0 Å². The number of nitrogens with zero attached hydrogens (tertiary/aromatic N) is 1. The van der Waals surface area contributed by atoms with E-state index < -0.39 is 5.25 Å². The van der Waals surface area contributed by atoms with Gasteiger partial charge in [-0.05, 0) is 55.5 Å². The largest absolute Gasteiger partial charge is 0.322 e. The molecule has 7 heteroatoms. The molecule has 1 aliphatic heterocycles. The highest BCUT2D eigenvalue weighted by atomic mass is 35.5. The topological polar surface area (TPSA) is 66.5 Å². The summed E-state index contributed by atoms with van der Waals surface area (Å²) in [6, 6.07) is 21.2. The van der Waals surface area contributed by atoms with Crippen LogP contribution in [0.1, 0.15) is 22.3 Å². The molecule has 0 aliphatic carbocycles. The first-order valence-electron chi connectivity index (χ1n) is 9.68. The Morgan fingerprint density at radius 1 is 1.00 bits per heavy atom. The van der Waals surface area contributed by atoms with Gasteiger partial charge in [-0.1, -0.05) is 41.4 Å². The molecule has 156 valence electrons. The summed E-state index contributed by atoms with van der Waals surface area (Å²) in [5, 5.41) is 2.83. The maximum absolute atomic E-state index is 13.0. The predicted molar refractivity (Wildman–Crippen MR) is 124 cm³/mol. The monoisotopic (exact) mass is 450 g/mol. The minimum atomic E-state index is -0.585. The van der Waals surface area contributed by atoms with Gasteiger partial charge >= 0.3 is 0 Å². The average molecular weight is 451 g/mol. The van der Waals surface area contributed by atoms with Crippen molar-refractivity contribution in [3.63, 3.8) is 0 Å². The molecule has 1 heterocycles. The average Bonchev–Trinajstić information content (AvgIpc) is 3.04. The second-order valence-corrected chi connectivity index (χ2v) is 8.85. The van der Waals surface area contributed by atoms with E-state index in [2.05, 4.69) is 5.32 Å². The van der Waals surface area contributed by atoms with Crippen LogP contribution in [-0.2, 0) is 9.59 Å². The summed E-state index contributed by atoms with van der Waals surface area (Å²) in [6.07, 6.45) is 0.0878. The maximum Gasteiger partial charge on any atom is 0.256 e. The molecule has 3 amide bonds. The van der Waals surface area contributed by atoms with Gasteiger partial charge in [0, 0.05) is 22.0 Å². The molecular weight excluding hydrogens is 432 g/mol. The Kier molecular flexibility index (Phi) is 6.11. The first-order valence-corrected chi connectivity index (χ1v) is 10.9. The molecule has 3 aromatic carbocycles. The predicted octanol–water partition coefficient (Wildman–Crippen LogP) is 5.32. The van der Waals surface area contributed by atoms with Gasteiger partial charge < -0.3 is 5.32 Å². The van der Waals surface area contributed by atoms with Crippen LogP contribution < -0.4 is 10.2 Å². The highest BCUT2D eigenvalue weighted by Crippen LogP contribution is 2.35. The fourth-order valence-electron chi connectivity index (χ4n) is 3.30. The standard InChI is InChI=1S/C24H19ClN2O3S/c1-15-6-12-18(13-7-15)27-22(28)14-21(24(27)30)31-20-5-3-2-4-19(20)23(29)26-17-10-8-16(25)9-11-17/h2-13,21H,14H2,1H3,(H,26,29). The third kappa shape index (κ3) is 4.65. The molecule has 0 saturated carbocycles. The zero-order chi connectivity index (χ0) is 22.0. The first-order chi connectivity index (χ1) is 14.9. The number of imide groups is 1. The van der Waals surface area contributed by atoms with Crippen LogP contribution in [-0.4, -0.2) is 23.0 Å². The molecule has 3 aromatic rings. The van der Waals surface area contributed by atoms with Crippen molar-refractivity contribution in [2.45, 2.75) is 23.5 Å². The minimum Gasteiger partial charge on any atom is -0.322 e. The van der Waals surface area contributed by atoms with Crippen molar-refractivity contribution in [1.29, 1.82) is 0 Å². The van der Waals surface area contributed by atoms with Gasteiger partial charge in [0.2, 0.25) is 11.8 Å². The van der Waals surface area contributed by atoms with E-state index in [0.29, 0.717) is 26.9 Å². The summed E-state index contributed by atoms with van der Waals surface area (Å²) < 4.78 is 0. The summed E-state index contributed by atoms with van der Waals surface area (Å²) in [6.45, 7) is 1.95. The fraction of sp³-hybridized carbons (Fsp3) is 0.125. The van der Waals surface area contributed by atoms with E-state index in [4.69, 9.17) is 11.6 Å². The van der Waals surface area contributed by atoms with Crippen LogP contribution in [0, 0.1) is 6.92 Å². The van der Waals surface area contributed by atoms with Gasteiger partial charge in [0.25, 0.3) is 5.91 Å². The number of hydrogen-bond acceptors (Lipinski definition) is 4. The number of amides is 3. The summed E-state index contributed by atoms with van der Waals surface area (Å²) in [5.41, 5.74) is 2.68. The lowest BCUT2D eigenvalue weighted by Gasteiger charge is -2.16. The van der Waals surface area contributed by atoms with Gasteiger partial charge in [-0.15, -0.1) is 11.8 Å². The minimum absolute atomic E-state index is 0.0878. The van der Waals surface area contributed by atoms with Crippen LogP contribution in [0.5, 0.6) is 0 Å². The van der Waals surface area contributed by atoms with E-state index in [1.54, 1.807) is 60.7 Å². The van der Waals surface area contributed by atoms with Crippen molar-refractivity contribution in [3.8, 4) is 0 Å². The molecule has 1 fully saturated rings. The van der Waals surface area contributed by atoms with Gasteiger partial charge in [-0.2, -0.15) is 0 Å². The van der Waals surface area contributed by atoms with Gasteiger partial charge in [0.1, 0.15) is 0 Å². The number of hydrogen-bond donors (Lipinski definition) is 1. The number of carbonyl (C=O) groups is 3. The molecule has 1 unspecified atom stereocenters. The third-order valence-electron chi connectivity index (χ3n) is 4.90. The van der Waals surface area contributed by atoms with Crippen molar-refractivity contribution < 1.29 is 14.4 Å². The molecule has 4 rings (SSSR count). The summed E-state index contributed by atoms with van der Waals surface area (Å²) in [7, 11) is 0. The zero-order valence-electron chi connectivity index (χ0n) is 16.7. The normalized spacial score (nSPS) is 15.9. The third-order valence-corrected chi connectivity index (χ3v) is 6.42. The number of anilines is 2. The van der Waals surface area contributed by atoms with E-state index in [1.807, 2.05) is 19.1 Å². The maximum atomic E-state index is 13.0. The number of aryl methyl sites for hydroxylation is 1. The number of halogens is 1. The quantitative estimate of drug-likeness (QED) is 0.534. The molecule has 31 heavy (non-hydrogen) atoms. The second-order valence-electron chi connectivity index (χ2n) is 7.17. The van der Waals surface area contributed by atoms with Crippen molar-refractivity contribution in [1.82, 2.24) is 0 Å². The van der Waals surface area contributed by atoms with Crippen LogP contribution in [0.25, 0.3) is 0 Å².